The topological polar surface area (TPSA) is 84.7 Å². The molecule has 3 aromatic carbocycles. The lowest BCUT2D eigenvalue weighted by Crippen LogP contribution is -2.32. The summed E-state index contributed by atoms with van der Waals surface area (Å²) in [5, 5.41) is 14.9. The molecule has 50 heavy (non-hydrogen) atoms. The summed E-state index contributed by atoms with van der Waals surface area (Å²) in [6, 6.07) is 29.6. The van der Waals surface area contributed by atoms with Crippen LogP contribution in [0.25, 0.3) is 5.69 Å². The second kappa shape index (κ2) is 15.7. The first-order chi connectivity index (χ1) is 24.4. The summed E-state index contributed by atoms with van der Waals surface area (Å²) in [6.45, 7) is 3.19. The number of rotatable bonds is 13. The van der Waals surface area contributed by atoms with Gasteiger partial charge in [0.05, 0.1) is 24.9 Å². The Morgan fingerprint density at radius 2 is 1.64 bits per heavy atom. The standard InChI is InChI=1S/C42H45N3O4S/c1-29-28-50-41(43-29)38-15-10-20-45(38)42(48)35-22-33(23-36(24-35)44-18-8-9-19-44)39(46)26-34(21-30-11-4-2-5-12-30)40(47)32-16-17-37(25-32)49-27-31-13-6-3-7-14-31/h2-9,11-14,18-19,22-24,28,32,34,37-38,40,47H,10,15-17,20-21,25-27H2,1H3/t32-,34-,37+,38-,40-/m1/s1. The maximum absolute atomic E-state index is 14.3. The van der Waals surface area contributed by atoms with Crippen molar-refractivity contribution in [1.29, 1.82) is 0 Å². The Labute approximate surface area is 298 Å². The molecule has 3 heterocycles. The van der Waals surface area contributed by atoms with E-state index in [9.17, 15) is 14.7 Å². The first kappa shape index (κ1) is 34.1. The van der Waals surface area contributed by atoms with Crippen LogP contribution in [0.4, 0.5) is 0 Å². The molecular formula is C42H45N3O4S. The molecule has 5 atom stereocenters. The molecule has 0 bridgehead atoms. The zero-order chi connectivity index (χ0) is 34.5. The number of ketones is 1. The van der Waals surface area contributed by atoms with Gasteiger partial charge in [-0.3, -0.25) is 9.59 Å². The molecule has 1 aliphatic heterocycles. The number of aliphatic hydroxyl groups is 1. The molecule has 2 aliphatic rings. The van der Waals surface area contributed by atoms with E-state index in [4.69, 9.17) is 9.72 Å². The van der Waals surface area contributed by atoms with Crippen LogP contribution in [-0.4, -0.2) is 50.0 Å². The van der Waals surface area contributed by atoms with Gasteiger partial charge in [-0.05, 0) is 98.7 Å². The number of nitrogens with zero attached hydrogens (tertiary/aromatic N) is 3. The summed E-state index contributed by atoms with van der Waals surface area (Å²) in [6.07, 6.45) is 8.34. The summed E-state index contributed by atoms with van der Waals surface area (Å²) in [5.74, 6) is -0.399. The van der Waals surface area contributed by atoms with E-state index in [-0.39, 0.29) is 42.1 Å². The summed E-state index contributed by atoms with van der Waals surface area (Å²) in [5.41, 5.74) is 4.94. The Bertz CT molecular complexity index is 1870. The van der Waals surface area contributed by atoms with E-state index in [1.807, 2.05) is 94.8 Å². The van der Waals surface area contributed by atoms with E-state index in [0.717, 1.165) is 59.6 Å². The van der Waals surface area contributed by atoms with Crippen LogP contribution in [0.3, 0.4) is 0 Å². The van der Waals surface area contributed by atoms with Crippen molar-refractivity contribution in [3.8, 4) is 5.69 Å². The average molecular weight is 688 g/mol. The average Bonchev–Trinajstić information content (AvgIpc) is 3.99. The van der Waals surface area contributed by atoms with E-state index in [1.165, 1.54) is 0 Å². The van der Waals surface area contributed by atoms with Crippen LogP contribution in [0.1, 0.15) is 87.1 Å². The molecule has 5 aromatic rings. The minimum Gasteiger partial charge on any atom is -0.393 e. The van der Waals surface area contributed by atoms with Crippen LogP contribution in [0.15, 0.2) is 109 Å². The molecule has 1 amide bonds. The van der Waals surface area contributed by atoms with Crippen LogP contribution in [0.2, 0.25) is 0 Å². The molecule has 7 rings (SSSR count). The number of carbonyl (C=O) groups excluding carboxylic acids is 2. The first-order valence-corrected chi connectivity index (χ1v) is 18.7. The molecule has 0 spiro atoms. The molecule has 258 valence electrons. The molecule has 8 heteroatoms. The lowest BCUT2D eigenvalue weighted by Gasteiger charge is -2.28. The molecule has 7 nitrogen and oxygen atoms in total. The van der Waals surface area contributed by atoms with Crippen molar-refractivity contribution in [3.05, 3.63) is 142 Å². The molecule has 1 saturated carbocycles. The van der Waals surface area contributed by atoms with E-state index in [1.54, 1.807) is 17.4 Å². The molecule has 0 unspecified atom stereocenters. The Morgan fingerprint density at radius 3 is 2.36 bits per heavy atom. The van der Waals surface area contributed by atoms with Crippen molar-refractivity contribution >= 4 is 23.0 Å². The summed E-state index contributed by atoms with van der Waals surface area (Å²) in [7, 11) is 0. The van der Waals surface area contributed by atoms with Crippen LogP contribution in [-0.2, 0) is 17.8 Å². The summed E-state index contributed by atoms with van der Waals surface area (Å²) < 4.78 is 8.20. The van der Waals surface area contributed by atoms with Gasteiger partial charge in [0.15, 0.2) is 5.78 Å². The zero-order valence-corrected chi connectivity index (χ0v) is 29.4. The van der Waals surface area contributed by atoms with Crippen molar-refractivity contribution in [2.45, 2.75) is 76.7 Å². The highest BCUT2D eigenvalue weighted by atomic mass is 32.1. The van der Waals surface area contributed by atoms with E-state index >= 15 is 0 Å². The van der Waals surface area contributed by atoms with E-state index < -0.39 is 6.10 Å². The minimum absolute atomic E-state index is 0.0437. The van der Waals surface area contributed by atoms with Crippen molar-refractivity contribution in [2.24, 2.45) is 11.8 Å². The number of ether oxygens (including phenoxy) is 1. The summed E-state index contributed by atoms with van der Waals surface area (Å²) in [4.78, 5) is 35.1. The number of aryl methyl sites for hydroxylation is 1. The van der Waals surface area contributed by atoms with Gasteiger partial charge in [-0.25, -0.2) is 4.98 Å². The molecule has 2 fully saturated rings. The van der Waals surface area contributed by atoms with Crippen LogP contribution in [0, 0.1) is 18.8 Å². The van der Waals surface area contributed by atoms with Crippen molar-refractivity contribution in [2.75, 3.05) is 6.54 Å². The van der Waals surface area contributed by atoms with Gasteiger partial charge in [0.25, 0.3) is 5.91 Å². The lowest BCUT2D eigenvalue weighted by molar-refractivity contribution is 0.0184. The third kappa shape index (κ3) is 7.99. The highest BCUT2D eigenvalue weighted by Crippen LogP contribution is 2.37. The van der Waals surface area contributed by atoms with Crippen molar-refractivity contribution in [3.63, 3.8) is 0 Å². The Kier molecular flexibility index (Phi) is 10.7. The molecule has 0 radical (unpaired) electrons. The van der Waals surface area contributed by atoms with Gasteiger partial charge in [0.2, 0.25) is 0 Å². The highest BCUT2D eigenvalue weighted by molar-refractivity contribution is 7.09. The number of thiazole rings is 1. The monoisotopic (exact) mass is 687 g/mol. The van der Waals surface area contributed by atoms with E-state index in [2.05, 4.69) is 24.3 Å². The summed E-state index contributed by atoms with van der Waals surface area (Å²) >= 11 is 1.60. The number of aromatic nitrogens is 2. The number of hydrogen-bond donors (Lipinski definition) is 1. The first-order valence-electron chi connectivity index (χ1n) is 17.8. The SMILES string of the molecule is Cc1csc([C@H]2CCCN2C(=O)c2cc(C(=O)C[C@@H](Cc3ccccc3)[C@H](O)[C@@H]3CC[C@H](OCc4ccccc4)C3)cc(-n3cccc3)c2)n1. The fourth-order valence-corrected chi connectivity index (χ4v) is 8.65. The second-order valence-corrected chi connectivity index (χ2v) is 14.8. The molecule has 1 saturated heterocycles. The number of amides is 1. The van der Waals surface area contributed by atoms with Crippen LogP contribution in [0.5, 0.6) is 0 Å². The fraction of sp³-hybridized carbons (Fsp3) is 0.357. The predicted octanol–water partition coefficient (Wildman–Crippen LogP) is 8.40. The number of Topliss-reactive ketones (excluding diaryl/α,β-unsaturated/α-hetero) is 1. The van der Waals surface area contributed by atoms with Crippen molar-refractivity contribution < 1.29 is 19.4 Å². The van der Waals surface area contributed by atoms with Gasteiger partial charge in [-0.1, -0.05) is 60.7 Å². The maximum atomic E-state index is 14.3. The fourth-order valence-electron chi connectivity index (χ4n) is 7.70. The van der Waals surface area contributed by atoms with Crippen LogP contribution < -0.4 is 0 Å². The number of carbonyl (C=O) groups is 2. The molecule has 2 aromatic heterocycles. The number of hydrogen-bond acceptors (Lipinski definition) is 6. The van der Waals surface area contributed by atoms with Gasteiger partial charge in [0.1, 0.15) is 5.01 Å². The zero-order valence-electron chi connectivity index (χ0n) is 28.6. The third-order valence-electron chi connectivity index (χ3n) is 10.3. The minimum atomic E-state index is -0.662. The van der Waals surface area contributed by atoms with Gasteiger partial charge in [0, 0.05) is 53.2 Å². The lowest BCUT2D eigenvalue weighted by atomic mass is 9.81. The predicted molar refractivity (Wildman–Crippen MR) is 197 cm³/mol. The van der Waals surface area contributed by atoms with Gasteiger partial charge < -0.3 is 19.3 Å². The van der Waals surface area contributed by atoms with E-state index in [0.29, 0.717) is 30.7 Å². The van der Waals surface area contributed by atoms with Gasteiger partial charge >= 0.3 is 0 Å². The second-order valence-electron chi connectivity index (χ2n) is 13.9. The Hall–Kier alpha value is -4.37. The number of benzene rings is 3. The Balaban J connectivity index is 1.12. The third-order valence-corrected chi connectivity index (χ3v) is 11.4. The Morgan fingerprint density at radius 1 is 0.920 bits per heavy atom. The quantitative estimate of drug-likeness (QED) is 0.126. The van der Waals surface area contributed by atoms with Gasteiger partial charge in [-0.2, -0.15) is 0 Å². The largest absolute Gasteiger partial charge is 0.393 e. The maximum Gasteiger partial charge on any atom is 0.254 e. The molecular weight excluding hydrogens is 643 g/mol. The molecule has 1 aliphatic carbocycles. The normalized spacial score (nSPS) is 20.2. The van der Waals surface area contributed by atoms with Crippen molar-refractivity contribution in [1.82, 2.24) is 14.5 Å². The highest BCUT2D eigenvalue weighted by Gasteiger charge is 2.37. The smallest absolute Gasteiger partial charge is 0.254 e. The molecule has 1 N–H and O–H groups in total. The van der Waals surface area contributed by atoms with Crippen LogP contribution >= 0.6 is 11.3 Å². The number of likely N-dealkylation sites (tertiary alicyclic amines) is 1. The van der Waals surface area contributed by atoms with Gasteiger partial charge in [-0.15, -0.1) is 11.3 Å². The number of aliphatic hydroxyl groups excluding tert-OH is 1.